The summed E-state index contributed by atoms with van der Waals surface area (Å²) in [4.78, 5) is 2.19. The molecular formula is C14H23BrS. The zero-order chi connectivity index (χ0) is 11.6. The molecule has 1 heterocycles. The summed E-state index contributed by atoms with van der Waals surface area (Å²) in [5.41, 5.74) is 0. The van der Waals surface area contributed by atoms with Crippen LogP contribution >= 0.6 is 27.3 Å². The van der Waals surface area contributed by atoms with E-state index < -0.39 is 0 Å². The van der Waals surface area contributed by atoms with Crippen LogP contribution < -0.4 is 0 Å². The van der Waals surface area contributed by atoms with Gasteiger partial charge in [-0.3, -0.25) is 0 Å². The summed E-state index contributed by atoms with van der Waals surface area (Å²) < 4.78 is 0. The maximum atomic E-state index is 3.79. The first-order chi connectivity index (χ1) is 7.83. The normalized spacial score (nSPS) is 12.9. The third kappa shape index (κ3) is 6.70. The Morgan fingerprint density at radius 1 is 1.19 bits per heavy atom. The Balaban J connectivity index is 1.96. The summed E-state index contributed by atoms with van der Waals surface area (Å²) in [6.07, 6.45) is 10.9. The average Bonchev–Trinajstić information content (AvgIpc) is 2.76. The molecule has 1 rings (SSSR count). The van der Waals surface area contributed by atoms with E-state index in [9.17, 15) is 0 Å². The standard InChI is InChI=1S/C14H23BrS/c1-2-3-4-5-6-7-9-13(15)12-14-10-8-11-16-14/h8,10-11,13H,2-7,9,12H2,1H3. The zero-order valence-electron chi connectivity index (χ0n) is 10.3. The van der Waals surface area contributed by atoms with Crippen molar-refractivity contribution in [3.05, 3.63) is 22.4 Å². The Bertz CT molecular complexity index is 243. The molecule has 0 aliphatic carbocycles. The van der Waals surface area contributed by atoms with Gasteiger partial charge in [-0.1, -0.05) is 67.4 Å². The molecule has 0 radical (unpaired) electrons. The molecule has 0 fully saturated rings. The Hall–Kier alpha value is 0.180. The highest BCUT2D eigenvalue weighted by atomic mass is 79.9. The number of hydrogen-bond donors (Lipinski definition) is 0. The molecule has 0 N–H and O–H groups in total. The van der Waals surface area contributed by atoms with Crippen LogP contribution in [-0.4, -0.2) is 4.83 Å². The molecule has 0 aromatic carbocycles. The lowest BCUT2D eigenvalue weighted by atomic mass is 10.1. The molecule has 92 valence electrons. The topological polar surface area (TPSA) is 0 Å². The van der Waals surface area contributed by atoms with E-state index in [-0.39, 0.29) is 0 Å². The molecule has 16 heavy (non-hydrogen) atoms. The van der Waals surface area contributed by atoms with Gasteiger partial charge in [-0.2, -0.15) is 0 Å². The van der Waals surface area contributed by atoms with Crippen molar-refractivity contribution >= 4 is 27.3 Å². The fourth-order valence-electron chi connectivity index (χ4n) is 1.90. The average molecular weight is 303 g/mol. The largest absolute Gasteiger partial charge is 0.149 e. The quantitative estimate of drug-likeness (QED) is 0.399. The smallest absolute Gasteiger partial charge is 0.0194 e. The van der Waals surface area contributed by atoms with Crippen molar-refractivity contribution in [1.82, 2.24) is 0 Å². The summed E-state index contributed by atoms with van der Waals surface area (Å²) in [6.45, 7) is 2.27. The van der Waals surface area contributed by atoms with Crippen molar-refractivity contribution in [1.29, 1.82) is 0 Å². The van der Waals surface area contributed by atoms with Crippen LogP contribution in [0.15, 0.2) is 17.5 Å². The van der Waals surface area contributed by atoms with Crippen LogP contribution in [0.4, 0.5) is 0 Å². The first-order valence-corrected chi connectivity index (χ1v) is 8.29. The van der Waals surface area contributed by atoms with Crippen LogP contribution in [0.5, 0.6) is 0 Å². The van der Waals surface area contributed by atoms with E-state index in [4.69, 9.17) is 0 Å². The molecule has 1 atom stereocenters. The van der Waals surface area contributed by atoms with Gasteiger partial charge in [-0.15, -0.1) is 11.3 Å². The van der Waals surface area contributed by atoms with Crippen molar-refractivity contribution in [2.45, 2.75) is 63.1 Å². The van der Waals surface area contributed by atoms with E-state index >= 15 is 0 Å². The third-order valence-electron chi connectivity index (χ3n) is 2.87. The lowest BCUT2D eigenvalue weighted by molar-refractivity contribution is 0.583. The van der Waals surface area contributed by atoms with E-state index in [1.807, 2.05) is 11.3 Å². The highest BCUT2D eigenvalue weighted by Crippen LogP contribution is 2.20. The van der Waals surface area contributed by atoms with Gasteiger partial charge in [-0.25, -0.2) is 0 Å². The second kappa shape index (κ2) is 9.23. The summed E-state index contributed by atoms with van der Waals surface area (Å²) >= 11 is 5.66. The molecule has 0 nitrogen and oxygen atoms in total. The molecular weight excluding hydrogens is 280 g/mol. The number of unbranched alkanes of at least 4 members (excludes halogenated alkanes) is 5. The SMILES string of the molecule is CCCCCCCCC(Br)Cc1cccs1. The Labute approximate surface area is 113 Å². The van der Waals surface area contributed by atoms with Gasteiger partial charge in [-0.05, 0) is 24.3 Å². The van der Waals surface area contributed by atoms with E-state index in [0.29, 0.717) is 4.83 Å². The fraction of sp³-hybridized carbons (Fsp3) is 0.714. The van der Waals surface area contributed by atoms with Crippen molar-refractivity contribution in [3.8, 4) is 0 Å². The minimum atomic E-state index is 0.678. The van der Waals surface area contributed by atoms with Crippen molar-refractivity contribution < 1.29 is 0 Å². The van der Waals surface area contributed by atoms with Crippen molar-refractivity contribution in [3.63, 3.8) is 0 Å². The van der Waals surface area contributed by atoms with E-state index in [1.165, 1.54) is 56.2 Å². The second-order valence-electron chi connectivity index (χ2n) is 4.44. The summed E-state index contributed by atoms with van der Waals surface area (Å²) in [5.74, 6) is 0. The summed E-state index contributed by atoms with van der Waals surface area (Å²) in [5, 5.41) is 2.17. The molecule has 0 aliphatic rings. The Morgan fingerprint density at radius 3 is 2.62 bits per heavy atom. The number of halogens is 1. The van der Waals surface area contributed by atoms with E-state index in [1.54, 1.807) is 0 Å². The molecule has 0 saturated heterocycles. The van der Waals surface area contributed by atoms with Crippen LogP contribution in [-0.2, 0) is 6.42 Å². The molecule has 0 bridgehead atoms. The van der Waals surface area contributed by atoms with Gasteiger partial charge >= 0.3 is 0 Å². The van der Waals surface area contributed by atoms with E-state index in [0.717, 1.165) is 0 Å². The maximum Gasteiger partial charge on any atom is 0.0194 e. The monoisotopic (exact) mass is 302 g/mol. The van der Waals surface area contributed by atoms with E-state index in [2.05, 4.69) is 40.4 Å². The van der Waals surface area contributed by atoms with Crippen LogP contribution in [0.25, 0.3) is 0 Å². The minimum Gasteiger partial charge on any atom is -0.149 e. The predicted molar refractivity (Wildman–Crippen MR) is 78.7 cm³/mol. The number of alkyl halides is 1. The molecule has 0 saturated carbocycles. The zero-order valence-corrected chi connectivity index (χ0v) is 12.7. The Kier molecular flexibility index (Phi) is 8.22. The number of hydrogen-bond acceptors (Lipinski definition) is 1. The van der Waals surface area contributed by atoms with Crippen LogP contribution in [0.2, 0.25) is 0 Å². The second-order valence-corrected chi connectivity index (χ2v) is 6.76. The molecule has 0 aliphatic heterocycles. The third-order valence-corrected chi connectivity index (χ3v) is 4.55. The molecule has 0 spiro atoms. The molecule has 1 aromatic rings. The highest BCUT2D eigenvalue weighted by Gasteiger charge is 2.05. The minimum absolute atomic E-state index is 0.678. The lowest BCUT2D eigenvalue weighted by Crippen LogP contribution is -2.01. The van der Waals surface area contributed by atoms with Crippen LogP contribution in [0.3, 0.4) is 0 Å². The predicted octanol–water partition coefficient (Wildman–Crippen LogP) is 5.80. The van der Waals surface area contributed by atoms with Gasteiger partial charge in [0.2, 0.25) is 0 Å². The van der Waals surface area contributed by atoms with Crippen LogP contribution in [0, 0.1) is 0 Å². The number of rotatable bonds is 9. The Morgan fingerprint density at radius 2 is 1.94 bits per heavy atom. The van der Waals surface area contributed by atoms with Gasteiger partial charge in [0.1, 0.15) is 0 Å². The molecule has 1 aromatic heterocycles. The molecule has 1 unspecified atom stereocenters. The van der Waals surface area contributed by atoms with Crippen molar-refractivity contribution in [2.24, 2.45) is 0 Å². The van der Waals surface area contributed by atoms with Gasteiger partial charge in [0, 0.05) is 9.70 Å². The van der Waals surface area contributed by atoms with Gasteiger partial charge in [0.15, 0.2) is 0 Å². The van der Waals surface area contributed by atoms with Gasteiger partial charge in [0.05, 0.1) is 0 Å². The first-order valence-electron chi connectivity index (χ1n) is 6.49. The van der Waals surface area contributed by atoms with Gasteiger partial charge < -0.3 is 0 Å². The summed E-state index contributed by atoms with van der Waals surface area (Å²) in [6, 6.07) is 4.38. The summed E-state index contributed by atoms with van der Waals surface area (Å²) in [7, 11) is 0. The number of thiophene rings is 1. The molecule has 2 heteroatoms. The lowest BCUT2D eigenvalue weighted by Gasteiger charge is -2.07. The van der Waals surface area contributed by atoms with Crippen LogP contribution in [0.1, 0.15) is 56.7 Å². The fourth-order valence-corrected chi connectivity index (χ4v) is 3.57. The van der Waals surface area contributed by atoms with Gasteiger partial charge in [0.25, 0.3) is 0 Å². The first kappa shape index (κ1) is 14.2. The molecule has 0 amide bonds. The highest BCUT2D eigenvalue weighted by molar-refractivity contribution is 9.09. The van der Waals surface area contributed by atoms with Crippen molar-refractivity contribution in [2.75, 3.05) is 0 Å². The maximum absolute atomic E-state index is 3.79.